The standard InChI is InChI=1S/C17H23NOS/c19-17(18(14-8-9-14)11-12-6-7-12)16-10-13-4-2-1-3-5-15(13)20-16/h10,12,14H,1-9,11H2. The summed E-state index contributed by atoms with van der Waals surface area (Å²) in [5.74, 6) is 1.13. The number of hydrogen-bond donors (Lipinski definition) is 0. The molecule has 3 aliphatic rings. The van der Waals surface area contributed by atoms with Crippen LogP contribution in [0.25, 0.3) is 0 Å². The van der Waals surface area contributed by atoms with Gasteiger partial charge in [0, 0.05) is 17.5 Å². The van der Waals surface area contributed by atoms with E-state index in [-0.39, 0.29) is 0 Å². The molecule has 0 radical (unpaired) electrons. The molecule has 1 amide bonds. The predicted molar refractivity (Wildman–Crippen MR) is 82.4 cm³/mol. The Balaban J connectivity index is 1.54. The molecule has 2 fully saturated rings. The summed E-state index contributed by atoms with van der Waals surface area (Å²) in [5.41, 5.74) is 1.47. The number of carbonyl (C=O) groups is 1. The van der Waals surface area contributed by atoms with Gasteiger partial charge in [0.15, 0.2) is 0 Å². The van der Waals surface area contributed by atoms with E-state index in [2.05, 4.69) is 11.0 Å². The van der Waals surface area contributed by atoms with Crippen LogP contribution in [-0.2, 0) is 12.8 Å². The van der Waals surface area contributed by atoms with Crippen LogP contribution in [0, 0.1) is 5.92 Å². The van der Waals surface area contributed by atoms with Crippen molar-refractivity contribution in [2.75, 3.05) is 6.54 Å². The maximum atomic E-state index is 12.8. The summed E-state index contributed by atoms with van der Waals surface area (Å²) >= 11 is 1.79. The van der Waals surface area contributed by atoms with E-state index in [1.54, 1.807) is 11.3 Å². The maximum Gasteiger partial charge on any atom is 0.264 e. The molecule has 0 aromatic carbocycles. The Bertz CT molecular complexity index is 490. The Kier molecular flexibility index (Phi) is 3.33. The summed E-state index contributed by atoms with van der Waals surface area (Å²) in [5, 5.41) is 0. The zero-order valence-corrected chi connectivity index (χ0v) is 12.9. The normalized spacial score (nSPS) is 22.2. The van der Waals surface area contributed by atoms with Gasteiger partial charge in [-0.05, 0) is 68.9 Å². The molecular formula is C17H23NOS. The molecule has 0 saturated heterocycles. The molecule has 0 aliphatic heterocycles. The number of fused-ring (bicyclic) bond motifs is 1. The minimum absolute atomic E-state index is 0.331. The highest BCUT2D eigenvalue weighted by molar-refractivity contribution is 7.14. The molecule has 0 N–H and O–H groups in total. The van der Waals surface area contributed by atoms with E-state index in [9.17, 15) is 4.79 Å². The van der Waals surface area contributed by atoms with Gasteiger partial charge in [0.1, 0.15) is 0 Å². The summed E-state index contributed by atoms with van der Waals surface area (Å²) in [7, 11) is 0. The van der Waals surface area contributed by atoms with Crippen molar-refractivity contribution in [3.05, 3.63) is 21.4 Å². The lowest BCUT2D eigenvalue weighted by molar-refractivity contribution is 0.0739. The van der Waals surface area contributed by atoms with E-state index in [4.69, 9.17) is 0 Å². The van der Waals surface area contributed by atoms with Gasteiger partial charge in [0.25, 0.3) is 5.91 Å². The molecule has 3 heteroatoms. The highest BCUT2D eigenvalue weighted by atomic mass is 32.1. The smallest absolute Gasteiger partial charge is 0.264 e. The Morgan fingerprint density at radius 1 is 1.15 bits per heavy atom. The van der Waals surface area contributed by atoms with Crippen LogP contribution in [0.2, 0.25) is 0 Å². The minimum atomic E-state index is 0.331. The summed E-state index contributed by atoms with van der Waals surface area (Å²) in [4.78, 5) is 17.5. The van der Waals surface area contributed by atoms with Crippen molar-refractivity contribution in [3.63, 3.8) is 0 Å². The van der Waals surface area contributed by atoms with E-state index in [0.717, 1.165) is 17.3 Å². The molecule has 2 nitrogen and oxygen atoms in total. The van der Waals surface area contributed by atoms with Crippen LogP contribution in [0.3, 0.4) is 0 Å². The van der Waals surface area contributed by atoms with Gasteiger partial charge < -0.3 is 4.90 Å². The SMILES string of the molecule is O=C(c1cc2c(s1)CCCCC2)N(CC1CC1)C1CC1. The van der Waals surface area contributed by atoms with Gasteiger partial charge in [0.05, 0.1) is 4.88 Å². The molecule has 1 aromatic rings. The number of nitrogens with zero attached hydrogens (tertiary/aromatic N) is 1. The number of carbonyl (C=O) groups excluding carboxylic acids is 1. The quantitative estimate of drug-likeness (QED) is 0.766. The van der Waals surface area contributed by atoms with Crippen LogP contribution >= 0.6 is 11.3 Å². The Hall–Kier alpha value is -0.830. The Morgan fingerprint density at radius 3 is 2.70 bits per heavy atom. The van der Waals surface area contributed by atoms with Gasteiger partial charge in [-0.25, -0.2) is 0 Å². The van der Waals surface area contributed by atoms with Crippen molar-refractivity contribution < 1.29 is 4.79 Å². The topological polar surface area (TPSA) is 20.3 Å². The fraction of sp³-hybridized carbons (Fsp3) is 0.706. The number of thiophene rings is 1. The molecule has 3 aliphatic carbocycles. The van der Waals surface area contributed by atoms with Crippen LogP contribution < -0.4 is 0 Å². The van der Waals surface area contributed by atoms with Gasteiger partial charge in [-0.15, -0.1) is 11.3 Å². The molecule has 2 saturated carbocycles. The number of aryl methyl sites for hydroxylation is 2. The lowest BCUT2D eigenvalue weighted by Gasteiger charge is -2.21. The highest BCUT2D eigenvalue weighted by Crippen LogP contribution is 2.37. The van der Waals surface area contributed by atoms with Crippen molar-refractivity contribution in [1.82, 2.24) is 4.90 Å². The molecule has 0 spiro atoms. The largest absolute Gasteiger partial charge is 0.335 e. The van der Waals surface area contributed by atoms with Crippen LogP contribution in [0.5, 0.6) is 0 Å². The summed E-state index contributed by atoms with van der Waals surface area (Å²) < 4.78 is 0. The molecule has 1 heterocycles. The van der Waals surface area contributed by atoms with Crippen LogP contribution in [-0.4, -0.2) is 23.4 Å². The monoisotopic (exact) mass is 289 g/mol. The molecule has 0 bridgehead atoms. The summed E-state index contributed by atoms with van der Waals surface area (Å²) in [6, 6.07) is 2.78. The van der Waals surface area contributed by atoms with Crippen molar-refractivity contribution in [2.45, 2.75) is 63.8 Å². The van der Waals surface area contributed by atoms with Crippen molar-refractivity contribution in [3.8, 4) is 0 Å². The number of hydrogen-bond acceptors (Lipinski definition) is 2. The number of rotatable bonds is 4. The third kappa shape index (κ3) is 2.65. The Morgan fingerprint density at radius 2 is 1.95 bits per heavy atom. The van der Waals surface area contributed by atoms with Crippen LogP contribution in [0.15, 0.2) is 6.07 Å². The second-order valence-electron chi connectivity index (χ2n) is 6.75. The van der Waals surface area contributed by atoms with Gasteiger partial charge in [-0.3, -0.25) is 4.79 Å². The van der Waals surface area contributed by atoms with Gasteiger partial charge in [-0.1, -0.05) is 6.42 Å². The van der Waals surface area contributed by atoms with E-state index in [1.807, 2.05) is 0 Å². The fourth-order valence-corrected chi connectivity index (χ4v) is 4.49. The fourth-order valence-electron chi connectivity index (χ4n) is 3.28. The van der Waals surface area contributed by atoms with Crippen molar-refractivity contribution >= 4 is 17.2 Å². The van der Waals surface area contributed by atoms with Crippen molar-refractivity contribution in [2.24, 2.45) is 5.92 Å². The lowest BCUT2D eigenvalue weighted by Crippen LogP contribution is -2.34. The summed E-state index contributed by atoms with van der Waals surface area (Å²) in [6.07, 6.45) is 11.4. The molecule has 0 atom stereocenters. The van der Waals surface area contributed by atoms with Crippen LogP contribution in [0.1, 0.15) is 65.1 Å². The second-order valence-corrected chi connectivity index (χ2v) is 7.89. The molecule has 108 valence electrons. The zero-order chi connectivity index (χ0) is 13.5. The molecule has 0 unspecified atom stereocenters. The van der Waals surface area contributed by atoms with E-state index in [1.165, 1.54) is 68.2 Å². The van der Waals surface area contributed by atoms with Gasteiger partial charge in [0.2, 0.25) is 0 Å². The average Bonchev–Trinajstić information content (AvgIpc) is 3.33. The summed E-state index contributed by atoms with van der Waals surface area (Å²) in [6.45, 7) is 1.02. The van der Waals surface area contributed by atoms with E-state index in [0.29, 0.717) is 11.9 Å². The first kappa shape index (κ1) is 12.9. The molecule has 4 rings (SSSR count). The maximum absolute atomic E-state index is 12.8. The van der Waals surface area contributed by atoms with Crippen LogP contribution in [0.4, 0.5) is 0 Å². The predicted octanol–water partition coefficient (Wildman–Crippen LogP) is 4.03. The first-order valence-electron chi connectivity index (χ1n) is 8.24. The molecular weight excluding hydrogens is 266 g/mol. The first-order chi connectivity index (χ1) is 9.81. The minimum Gasteiger partial charge on any atom is -0.335 e. The van der Waals surface area contributed by atoms with Gasteiger partial charge >= 0.3 is 0 Å². The third-order valence-corrected chi connectivity index (χ3v) is 6.08. The van der Waals surface area contributed by atoms with Crippen molar-refractivity contribution in [1.29, 1.82) is 0 Å². The van der Waals surface area contributed by atoms with E-state index >= 15 is 0 Å². The molecule has 1 aromatic heterocycles. The number of amides is 1. The second kappa shape index (κ2) is 5.18. The molecule has 20 heavy (non-hydrogen) atoms. The first-order valence-corrected chi connectivity index (χ1v) is 9.05. The zero-order valence-electron chi connectivity index (χ0n) is 12.1. The average molecular weight is 289 g/mol. The third-order valence-electron chi connectivity index (χ3n) is 4.86. The Labute approximate surface area is 125 Å². The van der Waals surface area contributed by atoms with Gasteiger partial charge in [-0.2, -0.15) is 0 Å². The van der Waals surface area contributed by atoms with E-state index < -0.39 is 0 Å². The highest BCUT2D eigenvalue weighted by Gasteiger charge is 2.37. The lowest BCUT2D eigenvalue weighted by atomic mass is 10.1.